The molecule has 3 nitrogen and oxygen atoms in total. The number of rotatable bonds is 2. The van der Waals surface area contributed by atoms with Crippen LogP contribution >= 0.6 is 0 Å². The van der Waals surface area contributed by atoms with Gasteiger partial charge in [-0.15, -0.1) is 0 Å². The molecule has 1 aromatic carbocycles. The maximum atomic E-state index is 12.5. The highest BCUT2D eigenvalue weighted by Gasteiger charge is 2.21. The van der Waals surface area contributed by atoms with Crippen molar-refractivity contribution in [2.75, 3.05) is 13.1 Å². The number of amides is 1. The van der Waals surface area contributed by atoms with Crippen molar-refractivity contribution < 1.29 is 9.21 Å². The largest absolute Gasteiger partial charge is 0.464 e. The second kappa shape index (κ2) is 5.53. The number of hydrogen-bond donors (Lipinski definition) is 0. The molecule has 3 heteroatoms. The molecule has 1 amide bonds. The van der Waals surface area contributed by atoms with Crippen LogP contribution in [0, 0.1) is 5.92 Å². The van der Waals surface area contributed by atoms with Gasteiger partial charge in [0.05, 0.1) is 6.26 Å². The molecule has 1 fully saturated rings. The molecule has 0 aliphatic carbocycles. The van der Waals surface area contributed by atoms with Gasteiger partial charge in [0.1, 0.15) is 5.76 Å². The number of piperidine rings is 1. The first kappa shape index (κ1) is 13.0. The van der Waals surface area contributed by atoms with Crippen LogP contribution in [-0.2, 0) is 0 Å². The monoisotopic (exact) mass is 269 g/mol. The average Bonchev–Trinajstić information content (AvgIpc) is 3.02. The minimum Gasteiger partial charge on any atom is -0.464 e. The Morgan fingerprint density at radius 3 is 2.70 bits per heavy atom. The van der Waals surface area contributed by atoms with E-state index in [9.17, 15) is 4.79 Å². The number of benzene rings is 1. The molecule has 0 atom stereocenters. The van der Waals surface area contributed by atoms with E-state index >= 15 is 0 Å². The molecule has 2 aromatic rings. The predicted octanol–water partition coefficient (Wildman–Crippen LogP) is 3.82. The lowest BCUT2D eigenvalue weighted by Gasteiger charge is -2.30. The second-order valence-corrected chi connectivity index (χ2v) is 5.53. The van der Waals surface area contributed by atoms with Crippen LogP contribution in [0.4, 0.5) is 0 Å². The molecule has 1 aliphatic rings. The van der Waals surface area contributed by atoms with Crippen LogP contribution in [0.25, 0.3) is 11.3 Å². The quantitative estimate of drug-likeness (QED) is 0.830. The van der Waals surface area contributed by atoms with E-state index in [1.165, 1.54) is 0 Å². The molecular weight excluding hydrogens is 250 g/mol. The van der Waals surface area contributed by atoms with Crippen molar-refractivity contribution in [2.45, 2.75) is 19.8 Å². The molecular formula is C17H19NO2. The number of nitrogens with zero attached hydrogens (tertiary/aromatic N) is 1. The fourth-order valence-electron chi connectivity index (χ4n) is 2.64. The second-order valence-electron chi connectivity index (χ2n) is 5.53. The fraction of sp³-hybridized carbons (Fsp3) is 0.353. The SMILES string of the molecule is CC1CCN(C(=O)c2cccc(-c3ccco3)c2)CC1. The summed E-state index contributed by atoms with van der Waals surface area (Å²) < 4.78 is 5.39. The Morgan fingerprint density at radius 2 is 2.00 bits per heavy atom. The van der Waals surface area contributed by atoms with E-state index in [-0.39, 0.29) is 5.91 Å². The van der Waals surface area contributed by atoms with Gasteiger partial charge in [-0.2, -0.15) is 0 Å². The normalized spacial score (nSPS) is 16.4. The van der Waals surface area contributed by atoms with E-state index in [2.05, 4.69) is 6.92 Å². The van der Waals surface area contributed by atoms with Crippen LogP contribution < -0.4 is 0 Å². The van der Waals surface area contributed by atoms with Crippen molar-refractivity contribution in [2.24, 2.45) is 5.92 Å². The van der Waals surface area contributed by atoms with E-state index in [1.54, 1.807) is 6.26 Å². The third kappa shape index (κ3) is 2.62. The zero-order valence-electron chi connectivity index (χ0n) is 11.7. The summed E-state index contributed by atoms with van der Waals surface area (Å²) in [5, 5.41) is 0. The summed E-state index contributed by atoms with van der Waals surface area (Å²) in [6, 6.07) is 11.4. The summed E-state index contributed by atoms with van der Waals surface area (Å²) in [6.07, 6.45) is 3.85. The zero-order valence-corrected chi connectivity index (χ0v) is 11.7. The number of likely N-dealkylation sites (tertiary alicyclic amines) is 1. The molecule has 1 aliphatic heterocycles. The molecule has 0 radical (unpaired) electrons. The Bertz CT molecular complexity index is 581. The highest BCUT2D eigenvalue weighted by molar-refractivity contribution is 5.95. The van der Waals surface area contributed by atoms with Gasteiger partial charge >= 0.3 is 0 Å². The van der Waals surface area contributed by atoms with Gasteiger partial charge in [0.25, 0.3) is 5.91 Å². The first-order valence-corrected chi connectivity index (χ1v) is 7.17. The van der Waals surface area contributed by atoms with E-state index in [4.69, 9.17) is 4.42 Å². The molecule has 1 saturated heterocycles. The van der Waals surface area contributed by atoms with Gasteiger partial charge in [-0.25, -0.2) is 0 Å². The lowest BCUT2D eigenvalue weighted by Crippen LogP contribution is -2.37. The van der Waals surface area contributed by atoms with Crippen LogP contribution in [0.15, 0.2) is 47.1 Å². The lowest BCUT2D eigenvalue weighted by atomic mass is 9.98. The smallest absolute Gasteiger partial charge is 0.253 e. The van der Waals surface area contributed by atoms with Crippen molar-refractivity contribution in [3.05, 3.63) is 48.2 Å². The van der Waals surface area contributed by atoms with Crippen LogP contribution in [0.2, 0.25) is 0 Å². The van der Waals surface area contributed by atoms with Crippen LogP contribution in [0.5, 0.6) is 0 Å². The minimum absolute atomic E-state index is 0.130. The zero-order chi connectivity index (χ0) is 13.9. The standard InChI is InChI=1S/C17H19NO2/c1-13-7-9-18(10-8-13)17(19)15-5-2-4-14(12-15)16-6-3-11-20-16/h2-6,11-13H,7-10H2,1H3. The molecule has 0 spiro atoms. The summed E-state index contributed by atoms with van der Waals surface area (Å²) in [4.78, 5) is 14.5. The van der Waals surface area contributed by atoms with Crippen molar-refractivity contribution in [1.82, 2.24) is 4.90 Å². The van der Waals surface area contributed by atoms with Gasteiger partial charge in [0.15, 0.2) is 0 Å². The molecule has 0 unspecified atom stereocenters. The average molecular weight is 269 g/mol. The van der Waals surface area contributed by atoms with Crippen LogP contribution in [0.3, 0.4) is 0 Å². The highest BCUT2D eigenvalue weighted by Crippen LogP contribution is 2.23. The Hall–Kier alpha value is -2.03. The Kier molecular flexibility index (Phi) is 3.59. The first-order chi connectivity index (χ1) is 9.74. The first-order valence-electron chi connectivity index (χ1n) is 7.17. The summed E-state index contributed by atoms with van der Waals surface area (Å²) in [5.74, 6) is 1.66. The van der Waals surface area contributed by atoms with Crippen molar-refractivity contribution >= 4 is 5.91 Å². The lowest BCUT2D eigenvalue weighted by molar-refractivity contribution is 0.0697. The number of carbonyl (C=O) groups is 1. The molecule has 0 bridgehead atoms. The molecule has 20 heavy (non-hydrogen) atoms. The molecule has 1 aromatic heterocycles. The van der Waals surface area contributed by atoms with E-state index in [0.717, 1.165) is 48.7 Å². The van der Waals surface area contributed by atoms with Crippen LogP contribution in [-0.4, -0.2) is 23.9 Å². The summed E-state index contributed by atoms with van der Waals surface area (Å²) in [5.41, 5.74) is 1.69. The maximum Gasteiger partial charge on any atom is 0.253 e. The molecule has 0 N–H and O–H groups in total. The van der Waals surface area contributed by atoms with Gasteiger partial charge < -0.3 is 9.32 Å². The Labute approximate surface area is 119 Å². The predicted molar refractivity (Wildman–Crippen MR) is 78.4 cm³/mol. The third-order valence-electron chi connectivity index (χ3n) is 3.99. The van der Waals surface area contributed by atoms with Crippen LogP contribution in [0.1, 0.15) is 30.1 Å². The number of furan rings is 1. The van der Waals surface area contributed by atoms with Gasteiger partial charge in [-0.05, 0) is 43.0 Å². The third-order valence-corrected chi connectivity index (χ3v) is 3.99. The van der Waals surface area contributed by atoms with Crippen molar-refractivity contribution in [3.63, 3.8) is 0 Å². The molecule has 0 saturated carbocycles. The van der Waals surface area contributed by atoms with E-state index in [1.807, 2.05) is 41.3 Å². The Morgan fingerprint density at radius 1 is 1.20 bits per heavy atom. The van der Waals surface area contributed by atoms with Crippen molar-refractivity contribution in [3.8, 4) is 11.3 Å². The van der Waals surface area contributed by atoms with E-state index in [0.29, 0.717) is 0 Å². The number of carbonyl (C=O) groups excluding carboxylic acids is 1. The minimum atomic E-state index is 0.130. The molecule has 2 heterocycles. The van der Waals surface area contributed by atoms with Crippen molar-refractivity contribution in [1.29, 1.82) is 0 Å². The fourth-order valence-corrected chi connectivity index (χ4v) is 2.64. The van der Waals surface area contributed by atoms with E-state index < -0.39 is 0 Å². The summed E-state index contributed by atoms with van der Waals surface area (Å²) in [7, 11) is 0. The number of hydrogen-bond acceptors (Lipinski definition) is 2. The summed E-state index contributed by atoms with van der Waals surface area (Å²) in [6.45, 7) is 3.98. The van der Waals surface area contributed by atoms with Gasteiger partial charge in [0, 0.05) is 24.2 Å². The Balaban J connectivity index is 1.80. The molecule has 3 rings (SSSR count). The summed E-state index contributed by atoms with van der Waals surface area (Å²) >= 11 is 0. The maximum absolute atomic E-state index is 12.5. The molecule has 104 valence electrons. The van der Waals surface area contributed by atoms with Gasteiger partial charge in [-0.1, -0.05) is 19.1 Å². The highest BCUT2D eigenvalue weighted by atomic mass is 16.3. The topological polar surface area (TPSA) is 33.5 Å². The van der Waals surface area contributed by atoms with Gasteiger partial charge in [0.2, 0.25) is 0 Å². The van der Waals surface area contributed by atoms with Gasteiger partial charge in [-0.3, -0.25) is 4.79 Å².